The Morgan fingerprint density at radius 3 is 2.89 bits per heavy atom. The SMILES string of the molecule is O=C(CCCCC1CCSS1)ON1C(=O)CCC1O. The van der Waals surface area contributed by atoms with Crippen LogP contribution in [0, 0.1) is 0 Å². The first-order valence-corrected chi connectivity index (χ1v) is 9.04. The fourth-order valence-electron chi connectivity index (χ4n) is 2.12. The molecule has 7 heteroatoms. The highest BCUT2D eigenvalue weighted by atomic mass is 33.1. The van der Waals surface area contributed by atoms with Crippen molar-refractivity contribution in [3.8, 4) is 0 Å². The van der Waals surface area contributed by atoms with Crippen molar-refractivity contribution in [2.75, 3.05) is 5.75 Å². The molecule has 2 aliphatic rings. The molecule has 19 heavy (non-hydrogen) atoms. The Hall–Kier alpha value is -0.400. The van der Waals surface area contributed by atoms with Gasteiger partial charge in [-0.15, -0.1) is 5.06 Å². The molecule has 1 N–H and O–H groups in total. The Morgan fingerprint density at radius 2 is 2.26 bits per heavy atom. The van der Waals surface area contributed by atoms with E-state index in [1.807, 2.05) is 21.6 Å². The van der Waals surface area contributed by atoms with Crippen molar-refractivity contribution in [2.24, 2.45) is 0 Å². The molecule has 0 aliphatic carbocycles. The largest absolute Gasteiger partial charge is 0.370 e. The molecule has 2 heterocycles. The zero-order chi connectivity index (χ0) is 13.7. The summed E-state index contributed by atoms with van der Waals surface area (Å²) >= 11 is 0. The first-order chi connectivity index (χ1) is 9.16. The lowest BCUT2D eigenvalue weighted by atomic mass is 10.1. The Labute approximate surface area is 120 Å². The molecule has 0 aromatic rings. The third kappa shape index (κ3) is 4.57. The van der Waals surface area contributed by atoms with E-state index in [0.29, 0.717) is 12.8 Å². The predicted octanol–water partition coefficient (Wildman–Crippen LogP) is 2.10. The van der Waals surface area contributed by atoms with E-state index in [1.54, 1.807) is 0 Å². The first-order valence-electron chi connectivity index (χ1n) is 6.66. The van der Waals surface area contributed by atoms with Crippen LogP contribution in [0.2, 0.25) is 0 Å². The van der Waals surface area contributed by atoms with Gasteiger partial charge in [0.05, 0.1) is 0 Å². The molecular weight excluding hydrogens is 286 g/mol. The number of hydrogen-bond acceptors (Lipinski definition) is 6. The lowest BCUT2D eigenvalue weighted by molar-refractivity contribution is -0.220. The third-order valence-corrected chi connectivity index (χ3v) is 6.22. The van der Waals surface area contributed by atoms with Crippen LogP contribution < -0.4 is 0 Å². The molecule has 0 aromatic carbocycles. The number of aliphatic hydroxyl groups excluding tert-OH is 1. The van der Waals surface area contributed by atoms with Crippen LogP contribution in [0.15, 0.2) is 0 Å². The Balaban J connectivity index is 1.57. The van der Waals surface area contributed by atoms with Gasteiger partial charge in [-0.25, -0.2) is 4.79 Å². The molecule has 2 fully saturated rings. The molecule has 0 aromatic heterocycles. The Morgan fingerprint density at radius 1 is 1.42 bits per heavy atom. The molecule has 2 aliphatic heterocycles. The Bertz CT molecular complexity index is 334. The fraction of sp³-hybridized carbons (Fsp3) is 0.833. The van der Waals surface area contributed by atoms with Gasteiger partial charge < -0.3 is 9.94 Å². The smallest absolute Gasteiger partial charge is 0.332 e. The summed E-state index contributed by atoms with van der Waals surface area (Å²) in [5, 5.41) is 11.0. The molecule has 0 bridgehead atoms. The quantitative estimate of drug-likeness (QED) is 0.599. The molecular formula is C12H19NO4S2. The van der Waals surface area contributed by atoms with Gasteiger partial charge in [-0.2, -0.15) is 0 Å². The van der Waals surface area contributed by atoms with Crippen molar-refractivity contribution in [1.29, 1.82) is 0 Å². The van der Waals surface area contributed by atoms with E-state index in [9.17, 15) is 14.7 Å². The monoisotopic (exact) mass is 305 g/mol. The number of rotatable bonds is 6. The molecule has 0 radical (unpaired) electrons. The van der Waals surface area contributed by atoms with Gasteiger partial charge in [0.15, 0.2) is 6.23 Å². The van der Waals surface area contributed by atoms with E-state index < -0.39 is 12.2 Å². The molecule has 2 saturated heterocycles. The summed E-state index contributed by atoms with van der Waals surface area (Å²) in [6, 6.07) is 0. The molecule has 2 rings (SSSR count). The summed E-state index contributed by atoms with van der Waals surface area (Å²) in [7, 11) is 3.86. The number of carbonyl (C=O) groups is 2. The van der Waals surface area contributed by atoms with Gasteiger partial charge >= 0.3 is 5.97 Å². The second-order valence-electron chi connectivity index (χ2n) is 4.78. The number of amides is 1. The normalized spacial score (nSPS) is 27.0. The highest BCUT2D eigenvalue weighted by molar-refractivity contribution is 8.77. The van der Waals surface area contributed by atoms with Crippen LogP contribution in [-0.2, 0) is 14.4 Å². The lowest BCUT2D eigenvalue weighted by Crippen LogP contribution is -2.35. The molecule has 0 spiro atoms. The minimum absolute atomic E-state index is 0.241. The molecule has 2 atom stereocenters. The van der Waals surface area contributed by atoms with E-state index in [1.165, 1.54) is 12.2 Å². The standard InChI is InChI=1S/C12H19NO4S2/c14-10-5-6-11(15)13(10)17-12(16)4-2-1-3-9-7-8-18-19-9/h9-10,14H,1-8H2. The van der Waals surface area contributed by atoms with Crippen LogP contribution in [0.25, 0.3) is 0 Å². The number of nitrogens with zero attached hydrogens (tertiary/aromatic N) is 1. The van der Waals surface area contributed by atoms with Gasteiger partial charge in [0.25, 0.3) is 5.91 Å². The van der Waals surface area contributed by atoms with E-state index >= 15 is 0 Å². The minimum atomic E-state index is -0.969. The van der Waals surface area contributed by atoms with Gasteiger partial charge in [-0.3, -0.25) is 4.79 Å². The maximum Gasteiger partial charge on any atom is 0.332 e. The number of aliphatic hydroxyl groups is 1. The lowest BCUT2D eigenvalue weighted by Gasteiger charge is -2.18. The summed E-state index contributed by atoms with van der Waals surface area (Å²) in [6.07, 6.45) is 4.09. The predicted molar refractivity (Wildman–Crippen MR) is 75.1 cm³/mol. The van der Waals surface area contributed by atoms with Crippen molar-refractivity contribution < 1.29 is 19.5 Å². The second kappa shape index (κ2) is 7.40. The van der Waals surface area contributed by atoms with E-state index in [4.69, 9.17) is 4.84 Å². The molecule has 2 unspecified atom stereocenters. The second-order valence-corrected chi connectivity index (χ2v) is 7.56. The van der Waals surface area contributed by atoms with E-state index in [2.05, 4.69) is 0 Å². The van der Waals surface area contributed by atoms with Crippen molar-refractivity contribution >= 4 is 33.5 Å². The summed E-state index contributed by atoms with van der Waals surface area (Å²) in [4.78, 5) is 27.8. The van der Waals surface area contributed by atoms with Crippen molar-refractivity contribution in [3.63, 3.8) is 0 Å². The number of unbranched alkanes of at least 4 members (excludes halogenated alkanes) is 1. The van der Waals surface area contributed by atoms with Crippen LogP contribution in [0.3, 0.4) is 0 Å². The maximum atomic E-state index is 11.5. The van der Waals surface area contributed by atoms with Crippen LogP contribution in [-0.4, -0.2) is 39.3 Å². The number of hydroxylamine groups is 2. The van der Waals surface area contributed by atoms with Gasteiger partial charge in [-0.05, 0) is 19.3 Å². The molecule has 1 amide bonds. The summed E-state index contributed by atoms with van der Waals surface area (Å²) < 4.78 is 0. The van der Waals surface area contributed by atoms with Gasteiger partial charge in [0, 0.05) is 30.3 Å². The van der Waals surface area contributed by atoms with E-state index in [0.717, 1.165) is 29.6 Å². The molecule has 5 nitrogen and oxygen atoms in total. The molecule has 0 saturated carbocycles. The maximum absolute atomic E-state index is 11.5. The third-order valence-electron chi connectivity index (χ3n) is 3.22. The first kappa shape index (κ1) is 15.0. The summed E-state index contributed by atoms with van der Waals surface area (Å²) in [5.41, 5.74) is 0. The number of carbonyl (C=O) groups excluding carboxylic acids is 2. The van der Waals surface area contributed by atoms with Crippen LogP contribution in [0.5, 0.6) is 0 Å². The van der Waals surface area contributed by atoms with Crippen molar-refractivity contribution in [3.05, 3.63) is 0 Å². The highest BCUT2D eigenvalue weighted by Crippen LogP contribution is 2.39. The van der Waals surface area contributed by atoms with Crippen molar-refractivity contribution in [1.82, 2.24) is 5.06 Å². The van der Waals surface area contributed by atoms with Gasteiger partial charge in [0.2, 0.25) is 0 Å². The van der Waals surface area contributed by atoms with Crippen molar-refractivity contribution in [2.45, 2.75) is 56.4 Å². The zero-order valence-electron chi connectivity index (χ0n) is 10.7. The summed E-state index contributed by atoms with van der Waals surface area (Å²) in [5.74, 6) is 0.481. The molecule has 108 valence electrons. The fourth-order valence-corrected chi connectivity index (χ4v) is 5.15. The topological polar surface area (TPSA) is 66.8 Å². The van der Waals surface area contributed by atoms with Crippen LogP contribution in [0.1, 0.15) is 44.9 Å². The average Bonchev–Trinajstić information content (AvgIpc) is 3.00. The number of hydrogen-bond donors (Lipinski definition) is 1. The van der Waals surface area contributed by atoms with Gasteiger partial charge in [0.1, 0.15) is 0 Å². The van der Waals surface area contributed by atoms with Crippen LogP contribution >= 0.6 is 21.6 Å². The van der Waals surface area contributed by atoms with Crippen LogP contribution in [0.4, 0.5) is 0 Å². The summed E-state index contributed by atoms with van der Waals surface area (Å²) in [6.45, 7) is 0. The van der Waals surface area contributed by atoms with Gasteiger partial charge in [-0.1, -0.05) is 28.0 Å². The Kier molecular flexibility index (Phi) is 5.84. The average molecular weight is 305 g/mol. The van der Waals surface area contributed by atoms with E-state index in [-0.39, 0.29) is 12.3 Å². The zero-order valence-corrected chi connectivity index (χ0v) is 12.4. The highest BCUT2D eigenvalue weighted by Gasteiger charge is 2.32. The minimum Gasteiger partial charge on any atom is -0.370 e.